The summed E-state index contributed by atoms with van der Waals surface area (Å²) in [5.74, 6) is -0.972. The van der Waals surface area contributed by atoms with Crippen molar-refractivity contribution >= 4 is 11.7 Å². The van der Waals surface area contributed by atoms with E-state index in [0.717, 1.165) is 12.1 Å². The molecule has 0 amide bonds. The highest BCUT2D eigenvalue weighted by molar-refractivity contribution is 5.76. The van der Waals surface area contributed by atoms with Crippen molar-refractivity contribution in [3.8, 4) is 11.5 Å². The van der Waals surface area contributed by atoms with Crippen LogP contribution >= 0.6 is 0 Å². The highest BCUT2D eigenvalue weighted by Crippen LogP contribution is 2.35. The second-order valence-corrected chi connectivity index (χ2v) is 3.98. The zero-order valence-electron chi connectivity index (χ0n) is 11.2. The number of aromatic hydroxyl groups is 1. The largest absolute Gasteiger partial charge is 0.504 e. The Morgan fingerprint density at radius 2 is 2.20 bits per heavy atom. The zero-order chi connectivity index (χ0) is 15.3. The summed E-state index contributed by atoms with van der Waals surface area (Å²) < 4.78 is 9.59. The fourth-order valence-electron chi connectivity index (χ4n) is 1.64. The molecule has 3 N–H and O–H groups in total. The van der Waals surface area contributed by atoms with Gasteiger partial charge in [0.25, 0.3) is 5.69 Å². The van der Waals surface area contributed by atoms with Gasteiger partial charge in [-0.3, -0.25) is 14.9 Å². The smallest absolute Gasteiger partial charge is 0.323 e. The number of nitrogens with two attached hydrogens (primary N) is 1. The molecule has 1 unspecified atom stereocenters. The Labute approximate surface area is 115 Å². The molecule has 0 saturated heterocycles. The second kappa shape index (κ2) is 6.71. The molecule has 0 spiro atoms. The van der Waals surface area contributed by atoms with Crippen molar-refractivity contribution in [2.45, 2.75) is 19.4 Å². The Balaban J connectivity index is 3.07. The van der Waals surface area contributed by atoms with Gasteiger partial charge in [0.2, 0.25) is 0 Å². The zero-order valence-corrected chi connectivity index (χ0v) is 11.2. The molecule has 1 rings (SSSR count). The summed E-state index contributed by atoms with van der Waals surface area (Å²) in [6.07, 6.45) is -0.0945. The second-order valence-electron chi connectivity index (χ2n) is 3.98. The molecule has 0 fully saturated rings. The van der Waals surface area contributed by atoms with Crippen LogP contribution in [0.1, 0.15) is 12.5 Å². The van der Waals surface area contributed by atoms with E-state index >= 15 is 0 Å². The van der Waals surface area contributed by atoms with E-state index in [9.17, 15) is 20.0 Å². The summed E-state index contributed by atoms with van der Waals surface area (Å²) in [5.41, 5.74) is 5.52. The number of hydrogen-bond acceptors (Lipinski definition) is 7. The van der Waals surface area contributed by atoms with Crippen molar-refractivity contribution in [3.05, 3.63) is 27.8 Å². The number of ether oxygens (including phenoxy) is 2. The van der Waals surface area contributed by atoms with E-state index in [0.29, 0.717) is 0 Å². The van der Waals surface area contributed by atoms with Gasteiger partial charge in [-0.05, 0) is 6.92 Å². The number of phenolic OH excluding ortho intramolecular Hbond substituents is 1. The van der Waals surface area contributed by atoms with Crippen LogP contribution in [0.15, 0.2) is 12.1 Å². The molecule has 1 atom stereocenters. The standard InChI is InChI=1S/C12H16N2O6/c1-3-20-12(16)9(13)5-7-4-8(14(17)18)6-10(19-2)11(7)15/h4,6,9,15H,3,5,13H2,1-2H3. The molecule has 0 bridgehead atoms. The number of nitrogens with zero attached hydrogens (tertiary/aromatic N) is 1. The summed E-state index contributed by atoms with van der Waals surface area (Å²) in [5, 5.41) is 20.7. The SMILES string of the molecule is CCOC(=O)C(N)Cc1cc([N+](=O)[O-])cc(OC)c1O. The lowest BCUT2D eigenvalue weighted by atomic mass is 10.0. The fourth-order valence-corrected chi connectivity index (χ4v) is 1.64. The number of non-ortho nitro benzene ring substituents is 1. The van der Waals surface area contributed by atoms with E-state index in [1.54, 1.807) is 6.92 Å². The maximum Gasteiger partial charge on any atom is 0.323 e. The molecule has 0 aliphatic rings. The van der Waals surface area contributed by atoms with Crippen molar-refractivity contribution in [1.29, 1.82) is 0 Å². The monoisotopic (exact) mass is 284 g/mol. The molecule has 0 saturated carbocycles. The van der Waals surface area contributed by atoms with Gasteiger partial charge in [-0.2, -0.15) is 0 Å². The summed E-state index contributed by atoms with van der Waals surface area (Å²) in [4.78, 5) is 21.6. The van der Waals surface area contributed by atoms with Crippen LogP contribution in [0.3, 0.4) is 0 Å². The number of benzene rings is 1. The first-order valence-corrected chi connectivity index (χ1v) is 5.87. The van der Waals surface area contributed by atoms with Crippen LogP contribution in [0.5, 0.6) is 11.5 Å². The molecular formula is C12H16N2O6. The Morgan fingerprint density at radius 3 is 2.70 bits per heavy atom. The van der Waals surface area contributed by atoms with E-state index in [-0.39, 0.29) is 35.8 Å². The summed E-state index contributed by atoms with van der Waals surface area (Å²) in [6.45, 7) is 1.81. The molecule has 20 heavy (non-hydrogen) atoms. The van der Waals surface area contributed by atoms with Gasteiger partial charge in [0.1, 0.15) is 6.04 Å². The van der Waals surface area contributed by atoms with Gasteiger partial charge in [-0.25, -0.2) is 0 Å². The molecule has 0 aliphatic carbocycles. The highest BCUT2D eigenvalue weighted by atomic mass is 16.6. The van der Waals surface area contributed by atoms with Gasteiger partial charge in [-0.15, -0.1) is 0 Å². The molecule has 0 aromatic heterocycles. The number of nitro benzene ring substituents is 1. The summed E-state index contributed by atoms with van der Waals surface area (Å²) in [7, 11) is 1.27. The third-order valence-electron chi connectivity index (χ3n) is 2.60. The van der Waals surface area contributed by atoms with Gasteiger partial charge < -0.3 is 20.3 Å². The third-order valence-corrected chi connectivity index (χ3v) is 2.60. The van der Waals surface area contributed by atoms with Gasteiger partial charge in [0.05, 0.1) is 24.7 Å². The number of carbonyl (C=O) groups excluding carboxylic acids is 1. The molecule has 1 aromatic rings. The topological polar surface area (TPSA) is 125 Å². The Morgan fingerprint density at radius 1 is 1.55 bits per heavy atom. The number of nitro groups is 1. The molecule has 110 valence electrons. The average Bonchev–Trinajstić information content (AvgIpc) is 2.40. The number of esters is 1. The first kappa shape index (κ1) is 15.7. The van der Waals surface area contributed by atoms with Gasteiger partial charge in [0, 0.05) is 18.1 Å². The quantitative estimate of drug-likeness (QED) is 0.448. The van der Waals surface area contributed by atoms with E-state index in [4.69, 9.17) is 15.2 Å². The number of methoxy groups -OCH3 is 1. The minimum atomic E-state index is -1.02. The summed E-state index contributed by atoms with van der Waals surface area (Å²) >= 11 is 0. The van der Waals surface area contributed by atoms with E-state index in [2.05, 4.69) is 0 Å². The lowest BCUT2D eigenvalue weighted by Gasteiger charge is -2.13. The van der Waals surface area contributed by atoms with Crippen molar-refractivity contribution in [3.63, 3.8) is 0 Å². The van der Waals surface area contributed by atoms with Crippen LogP contribution in [0.2, 0.25) is 0 Å². The minimum Gasteiger partial charge on any atom is -0.504 e. The number of rotatable bonds is 6. The average molecular weight is 284 g/mol. The Hall–Kier alpha value is -2.35. The predicted molar refractivity (Wildman–Crippen MR) is 69.6 cm³/mol. The predicted octanol–water partition coefficient (Wildman–Crippen LogP) is 0.742. The number of phenols is 1. The normalized spacial score (nSPS) is 11.8. The lowest BCUT2D eigenvalue weighted by molar-refractivity contribution is -0.385. The molecule has 8 nitrogen and oxygen atoms in total. The molecule has 0 radical (unpaired) electrons. The molecule has 0 aliphatic heterocycles. The highest BCUT2D eigenvalue weighted by Gasteiger charge is 2.22. The number of carbonyl (C=O) groups is 1. The summed E-state index contributed by atoms with van der Waals surface area (Å²) in [6, 6.07) is 1.22. The van der Waals surface area contributed by atoms with Crippen molar-refractivity contribution in [1.82, 2.24) is 0 Å². The van der Waals surface area contributed by atoms with Gasteiger partial charge in [0.15, 0.2) is 11.5 Å². The molecule has 0 heterocycles. The molecule has 1 aromatic carbocycles. The van der Waals surface area contributed by atoms with Crippen molar-refractivity contribution in [2.24, 2.45) is 5.73 Å². The first-order chi connectivity index (χ1) is 9.40. The Kier molecular flexibility index (Phi) is 5.27. The first-order valence-electron chi connectivity index (χ1n) is 5.87. The maximum atomic E-state index is 11.4. The van der Waals surface area contributed by atoms with Crippen LogP contribution in [-0.2, 0) is 16.0 Å². The van der Waals surface area contributed by atoms with Crippen LogP contribution in [0, 0.1) is 10.1 Å². The third kappa shape index (κ3) is 3.58. The van der Waals surface area contributed by atoms with E-state index < -0.39 is 16.9 Å². The van der Waals surface area contributed by atoms with Crippen LogP contribution in [-0.4, -0.2) is 35.8 Å². The van der Waals surface area contributed by atoms with Gasteiger partial charge in [-0.1, -0.05) is 0 Å². The number of hydrogen-bond donors (Lipinski definition) is 2. The fraction of sp³-hybridized carbons (Fsp3) is 0.417. The van der Waals surface area contributed by atoms with Crippen molar-refractivity contribution < 1.29 is 24.3 Å². The van der Waals surface area contributed by atoms with Crippen LogP contribution in [0.25, 0.3) is 0 Å². The van der Waals surface area contributed by atoms with E-state index in [1.807, 2.05) is 0 Å². The lowest BCUT2D eigenvalue weighted by Crippen LogP contribution is -2.34. The van der Waals surface area contributed by atoms with Crippen LogP contribution in [0.4, 0.5) is 5.69 Å². The van der Waals surface area contributed by atoms with Crippen molar-refractivity contribution in [2.75, 3.05) is 13.7 Å². The minimum absolute atomic E-state index is 0.0507. The van der Waals surface area contributed by atoms with E-state index in [1.165, 1.54) is 7.11 Å². The van der Waals surface area contributed by atoms with Gasteiger partial charge >= 0.3 is 5.97 Å². The molecule has 8 heteroatoms. The Bertz CT molecular complexity index is 517. The van der Waals surface area contributed by atoms with Crippen LogP contribution < -0.4 is 10.5 Å². The molecular weight excluding hydrogens is 268 g/mol. The maximum absolute atomic E-state index is 11.4.